The number of hydrogen-bond acceptors (Lipinski definition) is 3. The molecule has 1 aromatic carbocycles. The van der Waals surface area contributed by atoms with Crippen molar-refractivity contribution in [3.8, 4) is 0 Å². The fourth-order valence-corrected chi connectivity index (χ4v) is 2.59. The fourth-order valence-electron chi connectivity index (χ4n) is 2.38. The molecular weight excluding hydrogens is 295 g/mol. The van der Waals surface area contributed by atoms with Crippen LogP contribution in [0.25, 0.3) is 0 Å². The molecule has 0 atom stereocenters. The minimum atomic E-state index is -0.363. The third kappa shape index (κ3) is 4.43. The quantitative estimate of drug-likeness (QED) is 0.857. The zero-order valence-corrected chi connectivity index (χ0v) is 12.7. The summed E-state index contributed by atoms with van der Waals surface area (Å²) in [6.07, 6.45) is 0.555. The van der Waals surface area contributed by atoms with Gasteiger partial charge in [-0.05, 0) is 25.1 Å². The van der Waals surface area contributed by atoms with Gasteiger partial charge in [-0.2, -0.15) is 0 Å². The number of ketones is 1. The second-order valence-electron chi connectivity index (χ2n) is 5.20. The minimum Gasteiger partial charge on any atom is -0.368 e. The van der Waals surface area contributed by atoms with Gasteiger partial charge in [-0.25, -0.2) is 4.39 Å². The van der Waals surface area contributed by atoms with Gasteiger partial charge in [0.1, 0.15) is 11.6 Å². The van der Waals surface area contributed by atoms with E-state index in [1.807, 2.05) is 4.90 Å². The number of halogens is 2. The maximum atomic E-state index is 13.4. The third-order valence-electron chi connectivity index (χ3n) is 3.54. The molecule has 2 rings (SSSR count). The van der Waals surface area contributed by atoms with Gasteiger partial charge in [0.15, 0.2) is 0 Å². The zero-order chi connectivity index (χ0) is 15.4. The average Bonchev–Trinajstić information content (AvgIpc) is 2.44. The molecule has 1 aromatic rings. The Hall–Kier alpha value is -1.62. The summed E-state index contributed by atoms with van der Waals surface area (Å²) in [5.41, 5.74) is 0.732. The van der Waals surface area contributed by atoms with E-state index in [4.69, 9.17) is 11.6 Å². The Morgan fingerprint density at radius 1 is 1.14 bits per heavy atom. The molecule has 0 aliphatic carbocycles. The van der Waals surface area contributed by atoms with Crippen molar-refractivity contribution in [2.75, 3.05) is 31.1 Å². The standard InChI is InChI=1S/C15H18ClFN2O2/c1-11(20)2-3-15(21)19-6-4-18(5-7-19)14-9-12(16)8-13(17)10-14/h8-10H,2-7H2,1H3. The van der Waals surface area contributed by atoms with Crippen LogP contribution in [0, 0.1) is 5.82 Å². The summed E-state index contributed by atoms with van der Waals surface area (Å²) in [5, 5.41) is 0.366. The molecule has 1 heterocycles. The fraction of sp³-hybridized carbons (Fsp3) is 0.467. The van der Waals surface area contributed by atoms with Crippen LogP contribution in [0.5, 0.6) is 0 Å². The van der Waals surface area contributed by atoms with Crippen molar-refractivity contribution >= 4 is 29.0 Å². The molecule has 0 spiro atoms. The van der Waals surface area contributed by atoms with Crippen LogP contribution in [-0.4, -0.2) is 42.8 Å². The number of carbonyl (C=O) groups is 2. The molecule has 0 bridgehead atoms. The van der Waals surface area contributed by atoms with Gasteiger partial charge in [0.25, 0.3) is 0 Å². The molecule has 0 saturated carbocycles. The van der Waals surface area contributed by atoms with E-state index in [1.54, 1.807) is 11.0 Å². The molecule has 0 unspecified atom stereocenters. The molecule has 0 radical (unpaired) electrons. The van der Waals surface area contributed by atoms with Crippen molar-refractivity contribution in [3.05, 3.63) is 29.0 Å². The molecule has 1 saturated heterocycles. The number of benzene rings is 1. The van der Waals surface area contributed by atoms with E-state index in [1.165, 1.54) is 19.1 Å². The van der Waals surface area contributed by atoms with Crippen LogP contribution in [0.4, 0.5) is 10.1 Å². The Kier molecular flexibility index (Phi) is 5.17. The molecule has 1 aliphatic heterocycles. The smallest absolute Gasteiger partial charge is 0.223 e. The van der Waals surface area contributed by atoms with E-state index < -0.39 is 0 Å². The van der Waals surface area contributed by atoms with E-state index in [0.717, 1.165) is 5.69 Å². The predicted molar refractivity (Wildman–Crippen MR) is 80.1 cm³/mol. The third-order valence-corrected chi connectivity index (χ3v) is 3.75. The van der Waals surface area contributed by atoms with E-state index in [2.05, 4.69) is 0 Å². The maximum absolute atomic E-state index is 13.4. The van der Waals surface area contributed by atoms with Gasteiger partial charge < -0.3 is 14.6 Å². The van der Waals surface area contributed by atoms with Gasteiger partial charge in [-0.1, -0.05) is 11.6 Å². The lowest BCUT2D eigenvalue weighted by Gasteiger charge is -2.36. The molecule has 114 valence electrons. The van der Waals surface area contributed by atoms with Crippen LogP contribution < -0.4 is 4.90 Å². The van der Waals surface area contributed by atoms with Crippen LogP contribution in [0.15, 0.2) is 18.2 Å². The van der Waals surface area contributed by atoms with Crippen molar-refractivity contribution in [1.29, 1.82) is 0 Å². The summed E-state index contributed by atoms with van der Waals surface area (Å²) in [6.45, 7) is 3.89. The van der Waals surface area contributed by atoms with Crippen molar-refractivity contribution < 1.29 is 14.0 Å². The molecule has 4 nitrogen and oxygen atoms in total. The maximum Gasteiger partial charge on any atom is 0.223 e. The number of carbonyl (C=O) groups excluding carboxylic acids is 2. The summed E-state index contributed by atoms with van der Waals surface area (Å²) in [6, 6.07) is 4.43. The van der Waals surface area contributed by atoms with Crippen molar-refractivity contribution in [1.82, 2.24) is 4.90 Å². The van der Waals surface area contributed by atoms with Crippen LogP contribution in [0.3, 0.4) is 0 Å². The molecule has 1 amide bonds. The summed E-state index contributed by atoms with van der Waals surface area (Å²) < 4.78 is 13.4. The second kappa shape index (κ2) is 6.89. The normalized spacial score (nSPS) is 15.2. The van der Waals surface area contributed by atoms with Gasteiger partial charge in [0.05, 0.1) is 0 Å². The largest absolute Gasteiger partial charge is 0.368 e. The van der Waals surface area contributed by atoms with Gasteiger partial charge in [0, 0.05) is 49.7 Å². The van der Waals surface area contributed by atoms with E-state index in [0.29, 0.717) is 37.6 Å². The highest BCUT2D eigenvalue weighted by atomic mass is 35.5. The van der Waals surface area contributed by atoms with E-state index >= 15 is 0 Å². The highest BCUT2D eigenvalue weighted by Crippen LogP contribution is 2.23. The summed E-state index contributed by atoms with van der Waals surface area (Å²) in [4.78, 5) is 26.6. The van der Waals surface area contributed by atoms with Crippen LogP contribution >= 0.6 is 11.6 Å². The number of anilines is 1. The Balaban J connectivity index is 1.90. The highest BCUT2D eigenvalue weighted by molar-refractivity contribution is 6.30. The van der Waals surface area contributed by atoms with Gasteiger partial charge >= 0.3 is 0 Å². The van der Waals surface area contributed by atoms with Crippen LogP contribution in [0.1, 0.15) is 19.8 Å². The van der Waals surface area contributed by atoms with Crippen molar-refractivity contribution in [2.45, 2.75) is 19.8 Å². The van der Waals surface area contributed by atoms with Crippen molar-refractivity contribution in [3.63, 3.8) is 0 Å². The summed E-state index contributed by atoms with van der Waals surface area (Å²) in [5.74, 6) is -0.337. The number of amides is 1. The number of Topliss-reactive ketones (excluding diaryl/α,β-unsaturated/α-hetero) is 1. The number of rotatable bonds is 4. The highest BCUT2D eigenvalue weighted by Gasteiger charge is 2.21. The molecule has 0 N–H and O–H groups in total. The predicted octanol–water partition coefficient (Wildman–Crippen LogP) is 2.50. The number of piperazine rings is 1. The first-order valence-electron chi connectivity index (χ1n) is 6.94. The number of hydrogen-bond donors (Lipinski definition) is 0. The molecule has 21 heavy (non-hydrogen) atoms. The Bertz CT molecular complexity index is 522. The first-order chi connectivity index (χ1) is 9.95. The van der Waals surface area contributed by atoms with Gasteiger partial charge in [0.2, 0.25) is 5.91 Å². The lowest BCUT2D eigenvalue weighted by molar-refractivity contribution is -0.133. The Morgan fingerprint density at radius 3 is 2.38 bits per heavy atom. The average molecular weight is 313 g/mol. The topological polar surface area (TPSA) is 40.6 Å². The first-order valence-corrected chi connectivity index (χ1v) is 7.32. The molecular formula is C15H18ClFN2O2. The second-order valence-corrected chi connectivity index (χ2v) is 5.63. The first kappa shape index (κ1) is 15.8. The minimum absolute atomic E-state index is 0.00197. The number of nitrogens with zero attached hydrogens (tertiary/aromatic N) is 2. The monoisotopic (exact) mass is 312 g/mol. The summed E-state index contributed by atoms with van der Waals surface area (Å²) in [7, 11) is 0. The molecule has 0 aromatic heterocycles. The lowest BCUT2D eigenvalue weighted by atomic mass is 10.2. The molecule has 1 aliphatic rings. The van der Waals surface area contributed by atoms with Gasteiger partial charge in [-0.3, -0.25) is 4.79 Å². The Morgan fingerprint density at radius 2 is 1.81 bits per heavy atom. The van der Waals surface area contributed by atoms with Crippen LogP contribution in [0.2, 0.25) is 5.02 Å². The zero-order valence-electron chi connectivity index (χ0n) is 11.9. The molecule has 1 fully saturated rings. The summed E-state index contributed by atoms with van der Waals surface area (Å²) >= 11 is 5.86. The van der Waals surface area contributed by atoms with Crippen molar-refractivity contribution in [2.24, 2.45) is 0 Å². The van der Waals surface area contributed by atoms with Crippen LogP contribution in [-0.2, 0) is 9.59 Å². The molecule has 6 heteroatoms. The van der Waals surface area contributed by atoms with E-state index in [-0.39, 0.29) is 23.9 Å². The Labute approximate surface area is 128 Å². The van der Waals surface area contributed by atoms with Gasteiger partial charge in [-0.15, -0.1) is 0 Å². The SMILES string of the molecule is CC(=O)CCC(=O)N1CCN(c2cc(F)cc(Cl)c2)CC1. The lowest BCUT2D eigenvalue weighted by Crippen LogP contribution is -2.48. The van der Waals surface area contributed by atoms with E-state index in [9.17, 15) is 14.0 Å².